The molecular weight excluding hydrogens is 348 g/mol. The van der Waals surface area contributed by atoms with E-state index in [2.05, 4.69) is 37.4 Å². The Bertz CT molecular complexity index is 963. The summed E-state index contributed by atoms with van der Waals surface area (Å²) in [6.45, 7) is 4.22. The summed E-state index contributed by atoms with van der Waals surface area (Å²) < 4.78 is 28.9. The molecule has 1 N–H and O–H groups in total. The van der Waals surface area contributed by atoms with Crippen molar-refractivity contribution in [3.63, 3.8) is 0 Å². The molecule has 5 nitrogen and oxygen atoms in total. The van der Waals surface area contributed by atoms with Gasteiger partial charge in [0.2, 0.25) is 0 Å². The molecule has 0 saturated heterocycles. The predicted molar refractivity (Wildman–Crippen MR) is 105 cm³/mol. The van der Waals surface area contributed by atoms with Crippen LogP contribution in [0.3, 0.4) is 0 Å². The van der Waals surface area contributed by atoms with Crippen LogP contribution in [-0.2, 0) is 22.7 Å². The second-order valence-corrected chi connectivity index (χ2v) is 8.87. The summed E-state index contributed by atoms with van der Waals surface area (Å²) in [5.41, 5.74) is 5.15. The molecule has 138 valence electrons. The first-order valence-electron chi connectivity index (χ1n) is 8.60. The highest BCUT2D eigenvalue weighted by Gasteiger charge is 2.17. The molecule has 0 bridgehead atoms. The number of nitrogens with one attached hydrogen (secondary N) is 1. The average Bonchev–Trinajstić information content (AvgIpc) is 3.02. The molecule has 1 heterocycles. The third kappa shape index (κ3) is 3.90. The van der Waals surface area contributed by atoms with Crippen molar-refractivity contribution in [2.45, 2.75) is 37.6 Å². The molecule has 1 aromatic carbocycles. The second kappa shape index (κ2) is 7.11. The number of allylic oxidation sites excluding steroid dienone is 1. The maximum Gasteiger partial charge on any atom is 0.175 e. The summed E-state index contributed by atoms with van der Waals surface area (Å²) in [5, 5.41) is 3.49. The van der Waals surface area contributed by atoms with Gasteiger partial charge in [0, 0.05) is 47.6 Å². The highest BCUT2D eigenvalue weighted by atomic mass is 32.2. The summed E-state index contributed by atoms with van der Waals surface area (Å²) in [5.74, 6) is 0.562. The summed E-state index contributed by atoms with van der Waals surface area (Å²) >= 11 is 0. The minimum absolute atomic E-state index is 0.256. The summed E-state index contributed by atoms with van der Waals surface area (Å²) in [6, 6.07) is 7.39. The Morgan fingerprint density at radius 3 is 2.69 bits per heavy atom. The van der Waals surface area contributed by atoms with Crippen LogP contribution >= 0.6 is 0 Å². The van der Waals surface area contributed by atoms with Crippen molar-refractivity contribution in [1.82, 2.24) is 4.98 Å². The fraction of sp³-hybridized carbons (Fsp3) is 0.350. The Morgan fingerprint density at radius 2 is 2.04 bits per heavy atom. The number of rotatable bonds is 6. The molecule has 0 aliphatic heterocycles. The molecule has 0 saturated carbocycles. The van der Waals surface area contributed by atoms with E-state index < -0.39 is 9.84 Å². The molecule has 2 aromatic rings. The van der Waals surface area contributed by atoms with E-state index >= 15 is 0 Å². The van der Waals surface area contributed by atoms with Gasteiger partial charge in [-0.1, -0.05) is 18.2 Å². The van der Waals surface area contributed by atoms with Gasteiger partial charge in [0.05, 0.1) is 17.7 Å². The van der Waals surface area contributed by atoms with Crippen molar-refractivity contribution in [2.75, 3.05) is 18.7 Å². The van der Waals surface area contributed by atoms with Crippen LogP contribution in [0.25, 0.3) is 6.08 Å². The zero-order chi connectivity index (χ0) is 18.9. The number of anilines is 1. The Kier molecular flexibility index (Phi) is 5.05. The standard InChI is InChI=1S/C20H24N2O3S/c1-13(2)21-19-11-15(22-18-7-5-6-17(18)19)10-14-8-9-16(26(4,23)24)12-20(14)25-3/h5-6,8-9,11-13H,7,10H2,1-4H3,(H,21,22). The van der Waals surface area contributed by atoms with E-state index in [4.69, 9.17) is 9.72 Å². The first kappa shape index (κ1) is 18.5. The number of hydrogen-bond acceptors (Lipinski definition) is 5. The largest absolute Gasteiger partial charge is 0.496 e. The van der Waals surface area contributed by atoms with Crippen LogP contribution < -0.4 is 10.1 Å². The Morgan fingerprint density at radius 1 is 1.27 bits per heavy atom. The van der Waals surface area contributed by atoms with Gasteiger partial charge in [-0.05, 0) is 32.0 Å². The molecule has 0 radical (unpaired) electrons. The fourth-order valence-electron chi connectivity index (χ4n) is 3.11. The molecule has 1 aliphatic carbocycles. The number of hydrogen-bond donors (Lipinski definition) is 1. The third-order valence-electron chi connectivity index (χ3n) is 4.29. The zero-order valence-corrected chi connectivity index (χ0v) is 16.4. The Hall–Kier alpha value is -2.34. The molecule has 6 heteroatoms. The van der Waals surface area contributed by atoms with Gasteiger partial charge in [0.1, 0.15) is 5.75 Å². The van der Waals surface area contributed by atoms with E-state index in [1.807, 2.05) is 0 Å². The van der Waals surface area contributed by atoms with Gasteiger partial charge in [-0.15, -0.1) is 0 Å². The molecule has 1 aliphatic rings. The van der Waals surface area contributed by atoms with Crippen molar-refractivity contribution in [1.29, 1.82) is 0 Å². The highest BCUT2D eigenvalue weighted by molar-refractivity contribution is 7.90. The summed E-state index contributed by atoms with van der Waals surface area (Å²) in [7, 11) is -1.71. The number of sulfone groups is 1. The first-order chi connectivity index (χ1) is 12.3. The van der Waals surface area contributed by atoms with Gasteiger partial charge in [-0.25, -0.2) is 8.42 Å². The normalized spacial score (nSPS) is 13.1. The number of ether oxygens (including phenoxy) is 1. The van der Waals surface area contributed by atoms with Crippen LogP contribution in [-0.4, -0.2) is 32.8 Å². The lowest BCUT2D eigenvalue weighted by Gasteiger charge is -2.16. The van der Waals surface area contributed by atoms with Crippen molar-refractivity contribution in [3.8, 4) is 5.75 Å². The molecule has 0 unspecified atom stereocenters. The molecule has 0 fully saturated rings. The van der Waals surface area contributed by atoms with E-state index in [9.17, 15) is 8.42 Å². The zero-order valence-electron chi connectivity index (χ0n) is 15.5. The second-order valence-electron chi connectivity index (χ2n) is 6.85. The SMILES string of the molecule is COc1cc(S(C)(=O)=O)ccc1Cc1cc(NC(C)C)c2c(n1)CC=C2. The lowest BCUT2D eigenvalue weighted by molar-refractivity contribution is 0.409. The van der Waals surface area contributed by atoms with Crippen molar-refractivity contribution in [2.24, 2.45) is 0 Å². The molecule has 0 spiro atoms. The Labute approximate surface area is 155 Å². The van der Waals surface area contributed by atoms with Gasteiger partial charge in [0.15, 0.2) is 9.84 Å². The lowest BCUT2D eigenvalue weighted by atomic mass is 10.1. The van der Waals surface area contributed by atoms with Crippen molar-refractivity contribution in [3.05, 3.63) is 52.9 Å². The van der Waals surface area contributed by atoms with E-state index in [-0.39, 0.29) is 4.90 Å². The van der Waals surface area contributed by atoms with Crippen molar-refractivity contribution >= 4 is 21.6 Å². The van der Waals surface area contributed by atoms with Gasteiger partial charge in [0.25, 0.3) is 0 Å². The quantitative estimate of drug-likeness (QED) is 0.841. The average molecular weight is 372 g/mol. The third-order valence-corrected chi connectivity index (χ3v) is 5.40. The minimum Gasteiger partial charge on any atom is -0.496 e. The topological polar surface area (TPSA) is 68.3 Å². The van der Waals surface area contributed by atoms with Gasteiger partial charge in [-0.3, -0.25) is 4.98 Å². The van der Waals surface area contributed by atoms with Gasteiger partial charge >= 0.3 is 0 Å². The van der Waals surface area contributed by atoms with E-state index in [0.717, 1.165) is 34.6 Å². The number of methoxy groups -OCH3 is 1. The number of nitrogens with zero attached hydrogens (tertiary/aromatic N) is 1. The smallest absolute Gasteiger partial charge is 0.175 e. The maximum absolute atomic E-state index is 11.8. The van der Waals surface area contributed by atoms with Gasteiger partial charge in [-0.2, -0.15) is 0 Å². The van der Waals surface area contributed by atoms with Crippen LogP contribution in [0.2, 0.25) is 0 Å². The molecule has 0 amide bonds. The Balaban J connectivity index is 1.97. The number of pyridine rings is 1. The van der Waals surface area contributed by atoms with E-state index in [1.54, 1.807) is 25.3 Å². The summed E-state index contributed by atoms with van der Waals surface area (Å²) in [6.07, 6.45) is 6.83. The number of fused-ring (bicyclic) bond motifs is 1. The van der Waals surface area contributed by atoms with Crippen molar-refractivity contribution < 1.29 is 13.2 Å². The van der Waals surface area contributed by atoms with E-state index in [1.165, 1.54) is 6.26 Å². The lowest BCUT2D eigenvalue weighted by Crippen LogP contribution is -2.12. The van der Waals surface area contributed by atoms with Crippen LogP contribution in [0.4, 0.5) is 5.69 Å². The van der Waals surface area contributed by atoms with Crippen LogP contribution in [0.15, 0.2) is 35.2 Å². The number of benzene rings is 1. The first-order valence-corrected chi connectivity index (χ1v) is 10.5. The van der Waals surface area contributed by atoms with Crippen LogP contribution in [0.5, 0.6) is 5.75 Å². The van der Waals surface area contributed by atoms with Gasteiger partial charge < -0.3 is 10.1 Å². The minimum atomic E-state index is -3.27. The summed E-state index contributed by atoms with van der Waals surface area (Å²) in [4.78, 5) is 5.04. The molecule has 26 heavy (non-hydrogen) atoms. The maximum atomic E-state index is 11.8. The predicted octanol–water partition coefficient (Wildman–Crippen LogP) is 3.47. The van der Waals surface area contributed by atoms with Crippen LogP contribution in [0.1, 0.15) is 36.4 Å². The van der Waals surface area contributed by atoms with E-state index in [0.29, 0.717) is 18.2 Å². The fourth-order valence-corrected chi connectivity index (χ4v) is 3.75. The molecule has 1 aromatic heterocycles. The number of aromatic nitrogens is 1. The van der Waals surface area contributed by atoms with Crippen LogP contribution in [0, 0.1) is 0 Å². The molecule has 0 atom stereocenters. The highest BCUT2D eigenvalue weighted by Crippen LogP contribution is 2.30. The molecule has 3 rings (SSSR count). The molecular formula is C20H24N2O3S. The monoisotopic (exact) mass is 372 g/mol.